The molecule has 0 saturated carbocycles. The monoisotopic (exact) mass is 305 g/mol. The summed E-state index contributed by atoms with van der Waals surface area (Å²) in [6.07, 6.45) is 2.81. The molecule has 0 amide bonds. The zero-order valence-electron chi connectivity index (χ0n) is 10.9. The van der Waals surface area contributed by atoms with Crippen molar-refractivity contribution in [3.05, 3.63) is 52.8 Å². The summed E-state index contributed by atoms with van der Waals surface area (Å²) in [4.78, 5) is 23.3. The number of aromatic amines is 1. The van der Waals surface area contributed by atoms with Crippen LogP contribution in [0, 0.1) is 5.82 Å². The standard InChI is InChI=1S/C14H9ClFN3O2/c1-21-10-4-7(2-3-9(10)16)12(20)8-5-17-14-11(8)13(15)18-6-19-14/h2-6H,1H3,(H,17,18,19). The molecule has 0 atom stereocenters. The molecule has 1 aromatic carbocycles. The van der Waals surface area contributed by atoms with E-state index in [4.69, 9.17) is 16.3 Å². The number of rotatable bonds is 3. The predicted octanol–water partition coefficient (Wildman–Crippen LogP) is 2.99. The van der Waals surface area contributed by atoms with Gasteiger partial charge in [-0.2, -0.15) is 0 Å². The minimum Gasteiger partial charge on any atom is -0.494 e. The van der Waals surface area contributed by atoms with Gasteiger partial charge in [-0.3, -0.25) is 4.79 Å². The SMILES string of the molecule is COc1cc(C(=O)c2c[nH]c3ncnc(Cl)c23)ccc1F. The number of H-pyrrole nitrogens is 1. The number of carbonyl (C=O) groups excluding carboxylic acids is 1. The topological polar surface area (TPSA) is 67.9 Å². The summed E-state index contributed by atoms with van der Waals surface area (Å²) < 4.78 is 18.3. The Bertz CT molecular complexity index is 847. The smallest absolute Gasteiger partial charge is 0.195 e. The number of carbonyl (C=O) groups is 1. The van der Waals surface area contributed by atoms with Crippen LogP contribution in [0.15, 0.2) is 30.7 Å². The van der Waals surface area contributed by atoms with Crippen LogP contribution in [0.4, 0.5) is 4.39 Å². The second-order valence-corrected chi connectivity index (χ2v) is 4.63. The molecule has 0 aliphatic rings. The van der Waals surface area contributed by atoms with Crippen molar-refractivity contribution in [2.45, 2.75) is 0 Å². The fourth-order valence-electron chi connectivity index (χ4n) is 2.06. The lowest BCUT2D eigenvalue weighted by Crippen LogP contribution is -2.02. The molecule has 0 radical (unpaired) electrons. The Morgan fingerprint density at radius 3 is 2.95 bits per heavy atom. The number of ether oxygens (including phenoxy) is 1. The lowest BCUT2D eigenvalue weighted by atomic mass is 10.0. The number of aromatic nitrogens is 3. The second-order valence-electron chi connectivity index (χ2n) is 4.27. The highest BCUT2D eigenvalue weighted by Gasteiger charge is 2.19. The normalized spacial score (nSPS) is 10.8. The van der Waals surface area contributed by atoms with Crippen molar-refractivity contribution in [3.8, 4) is 5.75 Å². The van der Waals surface area contributed by atoms with Crippen molar-refractivity contribution in [2.75, 3.05) is 7.11 Å². The van der Waals surface area contributed by atoms with Crippen LogP contribution in [0.1, 0.15) is 15.9 Å². The molecular formula is C14H9ClFN3O2. The highest BCUT2D eigenvalue weighted by molar-refractivity contribution is 6.36. The van der Waals surface area contributed by atoms with E-state index in [-0.39, 0.29) is 22.2 Å². The average molecular weight is 306 g/mol. The molecule has 1 N–H and O–H groups in total. The molecule has 3 aromatic rings. The van der Waals surface area contributed by atoms with Crippen LogP contribution in [-0.2, 0) is 0 Å². The molecule has 21 heavy (non-hydrogen) atoms. The van der Waals surface area contributed by atoms with Crippen molar-refractivity contribution < 1.29 is 13.9 Å². The van der Waals surface area contributed by atoms with Gasteiger partial charge in [0.25, 0.3) is 0 Å². The maximum absolute atomic E-state index is 13.4. The molecule has 0 bridgehead atoms. The van der Waals surface area contributed by atoms with Crippen LogP contribution in [0.25, 0.3) is 11.0 Å². The number of nitrogens with one attached hydrogen (secondary N) is 1. The number of benzene rings is 1. The molecule has 2 aromatic heterocycles. The molecule has 0 spiro atoms. The molecule has 0 saturated heterocycles. The fraction of sp³-hybridized carbons (Fsp3) is 0.0714. The Morgan fingerprint density at radius 1 is 1.38 bits per heavy atom. The van der Waals surface area contributed by atoms with Crippen molar-refractivity contribution in [1.82, 2.24) is 15.0 Å². The first kappa shape index (κ1) is 13.5. The fourth-order valence-corrected chi connectivity index (χ4v) is 2.30. The number of halogens is 2. The van der Waals surface area contributed by atoms with Crippen molar-refractivity contribution in [1.29, 1.82) is 0 Å². The summed E-state index contributed by atoms with van der Waals surface area (Å²) in [6, 6.07) is 3.91. The number of hydrogen-bond acceptors (Lipinski definition) is 4. The molecule has 0 aliphatic heterocycles. The highest BCUT2D eigenvalue weighted by Crippen LogP contribution is 2.27. The van der Waals surface area contributed by atoms with Crippen molar-refractivity contribution in [3.63, 3.8) is 0 Å². The van der Waals surface area contributed by atoms with E-state index >= 15 is 0 Å². The summed E-state index contributed by atoms with van der Waals surface area (Å²) in [6.45, 7) is 0. The van der Waals surface area contributed by atoms with E-state index in [0.717, 1.165) is 0 Å². The third kappa shape index (κ3) is 2.23. The van der Waals surface area contributed by atoms with Gasteiger partial charge >= 0.3 is 0 Å². The van der Waals surface area contributed by atoms with Gasteiger partial charge in [-0.25, -0.2) is 14.4 Å². The summed E-state index contributed by atoms with van der Waals surface area (Å²) >= 11 is 6.01. The van der Waals surface area contributed by atoms with Gasteiger partial charge in [-0.15, -0.1) is 0 Å². The zero-order valence-corrected chi connectivity index (χ0v) is 11.6. The summed E-state index contributed by atoms with van der Waals surface area (Å²) in [5.41, 5.74) is 1.07. The first-order valence-corrected chi connectivity index (χ1v) is 6.35. The molecule has 0 unspecified atom stereocenters. The minimum absolute atomic E-state index is 0.00281. The number of ketones is 1. The van der Waals surface area contributed by atoms with Gasteiger partial charge in [-0.05, 0) is 18.2 Å². The Labute approximate surface area is 123 Å². The number of methoxy groups -OCH3 is 1. The third-order valence-corrected chi connectivity index (χ3v) is 3.37. The summed E-state index contributed by atoms with van der Waals surface area (Å²) in [7, 11) is 1.34. The van der Waals surface area contributed by atoms with E-state index in [9.17, 15) is 9.18 Å². The third-order valence-electron chi connectivity index (χ3n) is 3.08. The number of hydrogen-bond donors (Lipinski definition) is 1. The molecule has 2 heterocycles. The van der Waals surface area contributed by atoms with Crippen molar-refractivity contribution in [2.24, 2.45) is 0 Å². The van der Waals surface area contributed by atoms with Crippen LogP contribution in [0.3, 0.4) is 0 Å². The minimum atomic E-state index is -0.533. The molecule has 3 rings (SSSR count). The number of nitrogens with zero attached hydrogens (tertiary/aromatic N) is 2. The lowest BCUT2D eigenvalue weighted by molar-refractivity contribution is 0.104. The maximum atomic E-state index is 13.4. The van der Waals surface area contributed by atoms with E-state index in [2.05, 4.69) is 15.0 Å². The van der Waals surface area contributed by atoms with Crippen LogP contribution in [-0.4, -0.2) is 27.8 Å². The Hall–Kier alpha value is -2.47. The van der Waals surface area contributed by atoms with Gasteiger partial charge in [0.2, 0.25) is 0 Å². The van der Waals surface area contributed by atoms with Crippen molar-refractivity contribution >= 4 is 28.4 Å². The quantitative estimate of drug-likeness (QED) is 0.596. The van der Waals surface area contributed by atoms with Crippen LogP contribution in [0.5, 0.6) is 5.75 Å². The van der Waals surface area contributed by atoms with Gasteiger partial charge in [0.15, 0.2) is 17.3 Å². The summed E-state index contributed by atoms with van der Waals surface area (Å²) in [5.74, 6) is -0.853. The van der Waals surface area contributed by atoms with E-state index in [1.54, 1.807) is 0 Å². The average Bonchev–Trinajstić information content (AvgIpc) is 2.92. The molecule has 0 aliphatic carbocycles. The largest absolute Gasteiger partial charge is 0.494 e. The zero-order chi connectivity index (χ0) is 15.0. The van der Waals surface area contributed by atoms with Gasteiger partial charge in [0.1, 0.15) is 17.1 Å². The van der Waals surface area contributed by atoms with Crippen LogP contribution >= 0.6 is 11.6 Å². The molecule has 7 heteroatoms. The Kier molecular flexibility index (Phi) is 3.31. The van der Waals surface area contributed by atoms with Gasteiger partial charge in [0.05, 0.1) is 18.1 Å². The van der Waals surface area contributed by atoms with E-state index in [1.807, 2.05) is 0 Å². The first-order chi connectivity index (χ1) is 10.1. The molecule has 5 nitrogen and oxygen atoms in total. The Morgan fingerprint density at radius 2 is 2.19 bits per heavy atom. The Balaban J connectivity index is 2.13. The highest BCUT2D eigenvalue weighted by atomic mass is 35.5. The van der Waals surface area contributed by atoms with E-state index < -0.39 is 5.82 Å². The lowest BCUT2D eigenvalue weighted by Gasteiger charge is -2.05. The second kappa shape index (κ2) is 5.14. The maximum Gasteiger partial charge on any atom is 0.195 e. The molecule has 0 fully saturated rings. The van der Waals surface area contributed by atoms with E-state index in [1.165, 1.54) is 37.8 Å². The molecular weight excluding hydrogens is 297 g/mol. The summed E-state index contributed by atoms with van der Waals surface area (Å²) in [5, 5.41) is 0.617. The first-order valence-electron chi connectivity index (χ1n) is 5.97. The number of fused-ring (bicyclic) bond motifs is 1. The van der Waals surface area contributed by atoms with Gasteiger partial charge < -0.3 is 9.72 Å². The van der Waals surface area contributed by atoms with Gasteiger partial charge in [0, 0.05) is 11.8 Å². The van der Waals surface area contributed by atoms with Crippen LogP contribution < -0.4 is 4.74 Å². The van der Waals surface area contributed by atoms with Crippen LogP contribution in [0.2, 0.25) is 5.15 Å². The van der Waals surface area contributed by atoms with Gasteiger partial charge in [-0.1, -0.05) is 11.6 Å². The predicted molar refractivity (Wildman–Crippen MR) is 75.3 cm³/mol. The molecule has 106 valence electrons. The van der Waals surface area contributed by atoms with E-state index in [0.29, 0.717) is 16.6 Å².